The van der Waals surface area contributed by atoms with E-state index in [1.807, 2.05) is 60.7 Å². The van der Waals surface area contributed by atoms with Gasteiger partial charge in [-0.3, -0.25) is 14.5 Å². The summed E-state index contributed by atoms with van der Waals surface area (Å²) in [5, 5.41) is 17.4. The highest BCUT2D eigenvalue weighted by Gasteiger charge is 2.55. The molecule has 7 nitrogen and oxygen atoms in total. The average Bonchev–Trinajstić information content (AvgIpc) is 3.35. The molecular weight excluding hydrogens is 404 g/mol. The lowest BCUT2D eigenvalue weighted by Crippen LogP contribution is -2.43. The smallest absolute Gasteiger partial charge is 0.311 e. The van der Waals surface area contributed by atoms with Crippen LogP contribution in [0.2, 0.25) is 0 Å². The van der Waals surface area contributed by atoms with Crippen LogP contribution in [-0.2, 0) is 9.59 Å². The van der Waals surface area contributed by atoms with Crippen molar-refractivity contribution in [2.45, 2.75) is 46.1 Å². The largest absolute Gasteiger partial charge is 0.481 e. The molecule has 2 heterocycles. The van der Waals surface area contributed by atoms with Crippen molar-refractivity contribution >= 4 is 30.0 Å². The summed E-state index contributed by atoms with van der Waals surface area (Å²) in [7, 11) is 0. The maximum Gasteiger partial charge on any atom is 0.311 e. The Bertz CT molecular complexity index is 945. The Morgan fingerprint density at radius 3 is 2.60 bits per heavy atom. The Morgan fingerprint density at radius 2 is 1.97 bits per heavy atom. The number of aryl methyl sites for hydroxylation is 1. The predicted molar refractivity (Wildman–Crippen MR) is 117 cm³/mol. The summed E-state index contributed by atoms with van der Waals surface area (Å²) in [6, 6.07) is 9.41. The molecule has 0 spiro atoms. The number of benzene rings is 1. The molecule has 1 aromatic carbocycles. The van der Waals surface area contributed by atoms with Crippen LogP contribution >= 0.6 is 12.4 Å². The SMILES string of the molecule is Cc1nn(-c2ccccc2)c(C)c1NC(=O)C(C)N1C[C@@H]2CCC[C@@]2(C(=O)O)C1.Cl. The van der Waals surface area contributed by atoms with Gasteiger partial charge >= 0.3 is 5.97 Å². The number of para-hydroxylation sites is 1. The van der Waals surface area contributed by atoms with Crippen LogP contribution in [0.15, 0.2) is 30.3 Å². The first-order valence-electron chi connectivity index (χ1n) is 10.2. The topological polar surface area (TPSA) is 87.5 Å². The molecule has 2 fully saturated rings. The van der Waals surface area contributed by atoms with Crippen LogP contribution in [0.25, 0.3) is 5.69 Å². The molecule has 2 N–H and O–H groups in total. The number of aliphatic carboxylic acids is 1. The van der Waals surface area contributed by atoms with Crippen molar-refractivity contribution in [3.05, 3.63) is 41.7 Å². The van der Waals surface area contributed by atoms with Crippen LogP contribution in [-0.4, -0.2) is 50.8 Å². The van der Waals surface area contributed by atoms with Gasteiger partial charge in [-0.1, -0.05) is 24.6 Å². The molecule has 1 unspecified atom stereocenters. The lowest BCUT2D eigenvalue weighted by molar-refractivity contribution is -0.149. The Morgan fingerprint density at radius 1 is 1.27 bits per heavy atom. The summed E-state index contributed by atoms with van der Waals surface area (Å²) in [5.41, 5.74) is 2.61. The first-order valence-corrected chi connectivity index (χ1v) is 10.2. The number of aromatic nitrogens is 2. The summed E-state index contributed by atoms with van der Waals surface area (Å²) in [4.78, 5) is 27.0. The van der Waals surface area contributed by atoms with Crippen LogP contribution in [0, 0.1) is 25.2 Å². The van der Waals surface area contributed by atoms with E-state index >= 15 is 0 Å². The van der Waals surface area contributed by atoms with Crippen molar-refractivity contribution in [3.63, 3.8) is 0 Å². The molecular formula is C22H29ClN4O3. The molecule has 1 saturated heterocycles. The van der Waals surface area contributed by atoms with Crippen molar-refractivity contribution in [3.8, 4) is 5.69 Å². The van der Waals surface area contributed by atoms with Gasteiger partial charge in [-0.05, 0) is 51.7 Å². The average molecular weight is 433 g/mol. The van der Waals surface area contributed by atoms with E-state index in [4.69, 9.17) is 0 Å². The number of hydrogen-bond acceptors (Lipinski definition) is 4. The standard InChI is InChI=1S/C22H28N4O3.ClH/c1-14-19(15(2)26(24-14)18-9-5-4-6-10-18)23-20(27)16(3)25-12-17-8-7-11-22(17,13-25)21(28)29;/h4-6,9-10,16-17H,7-8,11-13H2,1-3H3,(H,23,27)(H,28,29);1H/t16?,17-,22+;/m0./s1. The number of halogens is 1. The van der Waals surface area contributed by atoms with Gasteiger partial charge in [0.25, 0.3) is 0 Å². The van der Waals surface area contributed by atoms with E-state index < -0.39 is 17.4 Å². The number of amides is 1. The lowest BCUT2D eigenvalue weighted by atomic mass is 9.81. The number of nitrogens with zero attached hydrogens (tertiary/aromatic N) is 3. The molecule has 1 aliphatic heterocycles. The van der Waals surface area contributed by atoms with Crippen molar-refractivity contribution < 1.29 is 14.7 Å². The molecule has 0 bridgehead atoms. The van der Waals surface area contributed by atoms with E-state index in [0.717, 1.165) is 35.6 Å². The fraction of sp³-hybridized carbons (Fsp3) is 0.500. The minimum Gasteiger partial charge on any atom is -0.481 e. The van der Waals surface area contributed by atoms with Gasteiger partial charge in [0.1, 0.15) is 0 Å². The van der Waals surface area contributed by atoms with E-state index in [-0.39, 0.29) is 24.2 Å². The van der Waals surface area contributed by atoms with Crippen LogP contribution < -0.4 is 5.32 Å². The van der Waals surface area contributed by atoms with Crippen LogP contribution in [0.5, 0.6) is 0 Å². The second-order valence-electron chi connectivity index (χ2n) is 8.44. The Kier molecular flexibility index (Phi) is 6.24. The second-order valence-corrected chi connectivity index (χ2v) is 8.44. The zero-order valence-electron chi connectivity index (χ0n) is 17.6. The maximum absolute atomic E-state index is 13.0. The number of carbonyl (C=O) groups is 2. The monoisotopic (exact) mass is 432 g/mol. The van der Waals surface area contributed by atoms with E-state index in [0.29, 0.717) is 19.5 Å². The quantitative estimate of drug-likeness (QED) is 0.755. The van der Waals surface area contributed by atoms with Crippen molar-refractivity contribution in [1.82, 2.24) is 14.7 Å². The van der Waals surface area contributed by atoms with Gasteiger partial charge in [-0.2, -0.15) is 5.10 Å². The third-order valence-corrected chi connectivity index (χ3v) is 6.79. The van der Waals surface area contributed by atoms with Gasteiger partial charge in [-0.25, -0.2) is 4.68 Å². The third-order valence-electron chi connectivity index (χ3n) is 6.79. The van der Waals surface area contributed by atoms with Gasteiger partial charge in [0.2, 0.25) is 5.91 Å². The number of hydrogen-bond donors (Lipinski definition) is 2. The summed E-state index contributed by atoms with van der Waals surface area (Å²) < 4.78 is 1.83. The first kappa shape index (κ1) is 22.3. The lowest BCUT2D eigenvalue weighted by Gasteiger charge is -2.26. The van der Waals surface area contributed by atoms with Gasteiger partial charge < -0.3 is 10.4 Å². The van der Waals surface area contributed by atoms with E-state index in [1.165, 1.54) is 0 Å². The molecule has 3 atom stereocenters. The highest BCUT2D eigenvalue weighted by molar-refractivity contribution is 5.95. The van der Waals surface area contributed by atoms with Crippen molar-refractivity contribution in [2.24, 2.45) is 11.3 Å². The van der Waals surface area contributed by atoms with Gasteiger partial charge in [-0.15, -0.1) is 12.4 Å². The summed E-state index contributed by atoms with van der Waals surface area (Å²) in [6.07, 6.45) is 2.60. The van der Waals surface area contributed by atoms with E-state index in [2.05, 4.69) is 10.4 Å². The molecule has 4 rings (SSSR count). The van der Waals surface area contributed by atoms with Crippen LogP contribution in [0.3, 0.4) is 0 Å². The second kappa shape index (κ2) is 8.40. The minimum atomic E-state index is -0.717. The molecule has 1 saturated carbocycles. The first-order chi connectivity index (χ1) is 13.8. The molecule has 2 aromatic rings. The van der Waals surface area contributed by atoms with Gasteiger partial charge in [0, 0.05) is 13.1 Å². The van der Waals surface area contributed by atoms with Gasteiger partial charge in [0.05, 0.1) is 34.2 Å². The fourth-order valence-corrected chi connectivity index (χ4v) is 5.01. The van der Waals surface area contributed by atoms with Crippen LogP contribution in [0.1, 0.15) is 37.6 Å². The van der Waals surface area contributed by atoms with Crippen LogP contribution in [0.4, 0.5) is 5.69 Å². The summed E-state index contributed by atoms with van der Waals surface area (Å²) in [6.45, 7) is 6.79. The van der Waals surface area contributed by atoms with Gasteiger partial charge in [0.15, 0.2) is 0 Å². The fourth-order valence-electron chi connectivity index (χ4n) is 5.01. The molecule has 1 aliphatic carbocycles. The molecule has 8 heteroatoms. The zero-order chi connectivity index (χ0) is 20.8. The maximum atomic E-state index is 13.0. The van der Waals surface area contributed by atoms with E-state index in [1.54, 1.807) is 0 Å². The normalized spacial score (nSPS) is 24.2. The van der Waals surface area contributed by atoms with E-state index in [9.17, 15) is 14.7 Å². The molecule has 0 radical (unpaired) electrons. The zero-order valence-corrected chi connectivity index (χ0v) is 18.4. The summed E-state index contributed by atoms with van der Waals surface area (Å²) >= 11 is 0. The number of likely N-dealkylation sites (tertiary alicyclic amines) is 1. The molecule has 2 aliphatic rings. The predicted octanol–water partition coefficient (Wildman–Crippen LogP) is 3.42. The number of carboxylic acids is 1. The molecule has 1 aromatic heterocycles. The number of fused-ring (bicyclic) bond motifs is 1. The minimum absolute atomic E-state index is 0. The Labute approximate surface area is 182 Å². The number of anilines is 1. The number of carbonyl (C=O) groups excluding carboxylic acids is 1. The highest BCUT2D eigenvalue weighted by Crippen LogP contribution is 2.49. The number of rotatable bonds is 5. The third kappa shape index (κ3) is 3.61. The Hall–Kier alpha value is -2.38. The summed E-state index contributed by atoms with van der Waals surface area (Å²) in [5.74, 6) is -0.699. The molecule has 1 amide bonds. The molecule has 162 valence electrons. The van der Waals surface area contributed by atoms with Crippen molar-refractivity contribution in [1.29, 1.82) is 0 Å². The molecule has 30 heavy (non-hydrogen) atoms. The van der Waals surface area contributed by atoms with Crippen molar-refractivity contribution in [2.75, 3.05) is 18.4 Å². The number of carboxylic acid groups (broad SMARTS) is 1. The number of nitrogens with one attached hydrogen (secondary N) is 1. The Balaban J connectivity index is 0.00000256. The highest BCUT2D eigenvalue weighted by atomic mass is 35.5.